The van der Waals surface area contributed by atoms with E-state index in [0.717, 1.165) is 22.6 Å². The van der Waals surface area contributed by atoms with Crippen LogP contribution in [0.25, 0.3) is 0 Å². The minimum absolute atomic E-state index is 0.254. The second-order valence-corrected chi connectivity index (χ2v) is 6.33. The standard InChI is InChI=1S/C20H20N4O3/c1-12-3-5-15(7-13(12)2)27-20-18(21)19(23-10-24-20)22-9-14-4-6-16-17(8-14)26-11-25-16/h3-8,10H,9,11,21H2,1-2H3,(H,22,23,24). The number of nitrogens with one attached hydrogen (secondary N) is 1. The number of aryl methyl sites for hydroxylation is 2. The molecule has 0 unspecified atom stereocenters. The summed E-state index contributed by atoms with van der Waals surface area (Å²) in [6.07, 6.45) is 1.43. The summed E-state index contributed by atoms with van der Waals surface area (Å²) in [7, 11) is 0. The predicted octanol–water partition coefficient (Wildman–Crippen LogP) is 3.81. The summed E-state index contributed by atoms with van der Waals surface area (Å²) in [5, 5.41) is 3.21. The number of fused-ring (bicyclic) bond motifs is 1. The van der Waals surface area contributed by atoms with E-state index in [9.17, 15) is 0 Å². The third kappa shape index (κ3) is 3.57. The number of hydrogen-bond acceptors (Lipinski definition) is 7. The highest BCUT2D eigenvalue weighted by atomic mass is 16.7. The highest BCUT2D eigenvalue weighted by Gasteiger charge is 2.14. The zero-order valence-electron chi connectivity index (χ0n) is 15.2. The lowest BCUT2D eigenvalue weighted by molar-refractivity contribution is 0.174. The van der Waals surface area contributed by atoms with Crippen molar-refractivity contribution >= 4 is 11.5 Å². The topological polar surface area (TPSA) is 91.5 Å². The molecule has 4 rings (SSSR count). The van der Waals surface area contributed by atoms with Gasteiger partial charge in [-0.3, -0.25) is 0 Å². The zero-order valence-corrected chi connectivity index (χ0v) is 15.2. The Morgan fingerprint density at radius 3 is 2.74 bits per heavy atom. The maximum Gasteiger partial charge on any atom is 0.248 e. The van der Waals surface area contributed by atoms with Gasteiger partial charge in [0.15, 0.2) is 17.3 Å². The number of nitrogens with zero attached hydrogens (tertiary/aromatic N) is 2. The van der Waals surface area contributed by atoms with E-state index in [0.29, 0.717) is 29.7 Å². The molecule has 1 aliphatic heterocycles. The fourth-order valence-corrected chi connectivity index (χ4v) is 2.73. The van der Waals surface area contributed by atoms with Crippen molar-refractivity contribution in [2.45, 2.75) is 20.4 Å². The van der Waals surface area contributed by atoms with Crippen molar-refractivity contribution in [2.24, 2.45) is 0 Å². The lowest BCUT2D eigenvalue weighted by Gasteiger charge is -2.12. The largest absolute Gasteiger partial charge is 0.454 e. The van der Waals surface area contributed by atoms with Crippen molar-refractivity contribution in [3.05, 3.63) is 59.4 Å². The van der Waals surface area contributed by atoms with Crippen LogP contribution in [0.2, 0.25) is 0 Å². The van der Waals surface area contributed by atoms with Gasteiger partial charge in [0.25, 0.3) is 0 Å². The molecule has 0 amide bonds. The molecule has 3 N–H and O–H groups in total. The maximum absolute atomic E-state index is 6.20. The van der Waals surface area contributed by atoms with E-state index < -0.39 is 0 Å². The second kappa shape index (κ2) is 7.03. The van der Waals surface area contributed by atoms with Crippen LogP contribution in [-0.2, 0) is 6.54 Å². The zero-order chi connectivity index (χ0) is 18.8. The fourth-order valence-electron chi connectivity index (χ4n) is 2.73. The molecule has 0 aliphatic carbocycles. The summed E-state index contributed by atoms with van der Waals surface area (Å²) in [5.41, 5.74) is 9.91. The van der Waals surface area contributed by atoms with Crippen molar-refractivity contribution in [3.63, 3.8) is 0 Å². The van der Waals surface area contributed by atoms with Gasteiger partial charge >= 0.3 is 0 Å². The Labute approximate surface area is 157 Å². The second-order valence-electron chi connectivity index (χ2n) is 6.33. The van der Waals surface area contributed by atoms with Crippen molar-refractivity contribution < 1.29 is 14.2 Å². The number of ether oxygens (including phenoxy) is 3. The molecule has 0 radical (unpaired) electrons. The molecule has 7 nitrogen and oxygen atoms in total. The van der Waals surface area contributed by atoms with Crippen LogP contribution < -0.4 is 25.3 Å². The van der Waals surface area contributed by atoms with Crippen molar-refractivity contribution in [1.82, 2.24) is 9.97 Å². The highest BCUT2D eigenvalue weighted by molar-refractivity contribution is 5.67. The van der Waals surface area contributed by atoms with Crippen molar-refractivity contribution in [1.29, 1.82) is 0 Å². The molecule has 0 saturated carbocycles. The van der Waals surface area contributed by atoms with Crippen LogP contribution >= 0.6 is 0 Å². The molecule has 2 aromatic carbocycles. The predicted molar refractivity (Wildman–Crippen MR) is 102 cm³/mol. The maximum atomic E-state index is 6.20. The van der Waals surface area contributed by atoms with Crippen LogP contribution in [0.15, 0.2) is 42.7 Å². The molecule has 3 aromatic rings. The van der Waals surface area contributed by atoms with Crippen LogP contribution in [0.1, 0.15) is 16.7 Å². The Morgan fingerprint density at radius 1 is 1.04 bits per heavy atom. The summed E-state index contributed by atoms with van der Waals surface area (Å²) in [5.74, 6) is 3.02. The quantitative estimate of drug-likeness (QED) is 0.711. The number of aromatic nitrogens is 2. The Balaban J connectivity index is 1.49. The Kier molecular flexibility index (Phi) is 4.42. The van der Waals surface area contributed by atoms with Crippen molar-refractivity contribution in [2.75, 3.05) is 17.8 Å². The molecule has 2 heterocycles. The molecular weight excluding hydrogens is 344 g/mol. The number of hydrogen-bond donors (Lipinski definition) is 2. The lowest BCUT2D eigenvalue weighted by Crippen LogP contribution is -2.06. The molecule has 0 spiro atoms. The van der Waals surface area contributed by atoms with E-state index in [-0.39, 0.29) is 6.79 Å². The van der Waals surface area contributed by atoms with Gasteiger partial charge in [0, 0.05) is 6.54 Å². The summed E-state index contributed by atoms with van der Waals surface area (Å²) in [4.78, 5) is 8.37. The molecule has 1 aromatic heterocycles. The molecular formula is C20H20N4O3. The van der Waals surface area contributed by atoms with E-state index >= 15 is 0 Å². The SMILES string of the molecule is Cc1ccc(Oc2ncnc(NCc3ccc4c(c3)OCO4)c2N)cc1C. The van der Waals surface area contributed by atoms with Gasteiger partial charge in [-0.15, -0.1) is 0 Å². The minimum atomic E-state index is 0.254. The van der Waals surface area contributed by atoms with Crippen LogP contribution in [0.5, 0.6) is 23.1 Å². The first kappa shape index (κ1) is 17.0. The molecule has 1 aliphatic rings. The smallest absolute Gasteiger partial charge is 0.248 e. The fraction of sp³-hybridized carbons (Fsp3) is 0.200. The van der Waals surface area contributed by atoms with Gasteiger partial charge in [-0.05, 0) is 54.8 Å². The number of anilines is 2. The Hall–Kier alpha value is -3.48. The number of nitrogens with two attached hydrogens (primary N) is 1. The third-order valence-electron chi connectivity index (χ3n) is 4.44. The number of rotatable bonds is 5. The summed E-state index contributed by atoms with van der Waals surface area (Å²) in [6.45, 7) is 4.87. The van der Waals surface area contributed by atoms with E-state index in [1.807, 2.05) is 43.3 Å². The summed E-state index contributed by atoms with van der Waals surface area (Å²) in [6, 6.07) is 11.6. The monoisotopic (exact) mass is 364 g/mol. The van der Waals surface area contributed by atoms with E-state index in [4.69, 9.17) is 19.9 Å². The average Bonchev–Trinajstić information content (AvgIpc) is 3.13. The van der Waals surface area contributed by atoms with Crippen LogP contribution in [0, 0.1) is 13.8 Å². The van der Waals surface area contributed by atoms with Gasteiger partial charge in [-0.2, -0.15) is 4.98 Å². The van der Waals surface area contributed by atoms with Crippen LogP contribution in [0.3, 0.4) is 0 Å². The summed E-state index contributed by atoms with van der Waals surface area (Å²) < 4.78 is 16.6. The molecule has 0 atom stereocenters. The first-order valence-corrected chi connectivity index (χ1v) is 8.58. The van der Waals surface area contributed by atoms with Gasteiger partial charge in [0.2, 0.25) is 12.7 Å². The van der Waals surface area contributed by atoms with Gasteiger partial charge in [-0.1, -0.05) is 12.1 Å². The lowest BCUT2D eigenvalue weighted by atomic mass is 10.1. The third-order valence-corrected chi connectivity index (χ3v) is 4.44. The number of nitrogen functional groups attached to an aromatic ring is 1. The Bertz CT molecular complexity index is 991. The normalized spacial score (nSPS) is 12.1. The summed E-state index contributed by atoms with van der Waals surface area (Å²) >= 11 is 0. The van der Waals surface area contributed by atoms with E-state index in [2.05, 4.69) is 22.2 Å². The van der Waals surface area contributed by atoms with E-state index in [1.54, 1.807) is 0 Å². The van der Waals surface area contributed by atoms with Crippen molar-refractivity contribution in [3.8, 4) is 23.1 Å². The minimum Gasteiger partial charge on any atom is -0.454 e. The van der Waals surface area contributed by atoms with Gasteiger partial charge < -0.3 is 25.3 Å². The molecule has 0 bridgehead atoms. The average molecular weight is 364 g/mol. The first-order valence-electron chi connectivity index (χ1n) is 8.58. The van der Waals surface area contributed by atoms with Gasteiger partial charge in [-0.25, -0.2) is 4.98 Å². The molecule has 138 valence electrons. The van der Waals surface area contributed by atoms with Gasteiger partial charge in [0.1, 0.15) is 17.8 Å². The molecule has 27 heavy (non-hydrogen) atoms. The van der Waals surface area contributed by atoms with E-state index in [1.165, 1.54) is 11.9 Å². The number of benzene rings is 2. The molecule has 0 fully saturated rings. The first-order chi connectivity index (χ1) is 13.1. The Morgan fingerprint density at radius 2 is 1.89 bits per heavy atom. The highest BCUT2D eigenvalue weighted by Crippen LogP contribution is 2.33. The molecule has 0 saturated heterocycles. The van der Waals surface area contributed by atoms with Crippen LogP contribution in [-0.4, -0.2) is 16.8 Å². The van der Waals surface area contributed by atoms with Gasteiger partial charge in [0.05, 0.1) is 0 Å². The van der Waals surface area contributed by atoms with Crippen LogP contribution in [0.4, 0.5) is 11.5 Å². The molecule has 7 heteroatoms.